The summed E-state index contributed by atoms with van der Waals surface area (Å²) in [6.07, 6.45) is 3.55. The van der Waals surface area contributed by atoms with Crippen molar-refractivity contribution in [1.29, 1.82) is 0 Å². The molecule has 2 aromatic heterocycles. The van der Waals surface area contributed by atoms with Crippen molar-refractivity contribution < 1.29 is 0 Å². The van der Waals surface area contributed by atoms with Crippen molar-refractivity contribution in [3.8, 4) is 0 Å². The fraction of sp³-hybridized carbons (Fsp3) is 0.250. The van der Waals surface area contributed by atoms with E-state index in [2.05, 4.69) is 37.7 Å². The minimum absolute atomic E-state index is 0.142. The fourth-order valence-electron chi connectivity index (χ4n) is 1.58. The van der Waals surface area contributed by atoms with E-state index < -0.39 is 0 Å². The first-order valence-electron chi connectivity index (χ1n) is 5.11. The maximum absolute atomic E-state index is 6.09. The van der Waals surface area contributed by atoms with E-state index in [9.17, 15) is 0 Å². The molecule has 2 aromatic rings. The van der Waals surface area contributed by atoms with Crippen molar-refractivity contribution in [3.05, 3.63) is 50.9 Å². The molecular formula is C12H13BrN2S. The van der Waals surface area contributed by atoms with E-state index in [1.807, 2.05) is 18.3 Å². The molecule has 2 nitrogen and oxygen atoms in total. The van der Waals surface area contributed by atoms with Gasteiger partial charge in [-0.25, -0.2) is 0 Å². The molecular weight excluding hydrogens is 284 g/mol. The monoisotopic (exact) mass is 296 g/mol. The Morgan fingerprint density at radius 2 is 2.19 bits per heavy atom. The Bertz CT molecular complexity index is 425. The van der Waals surface area contributed by atoms with E-state index >= 15 is 0 Å². The molecule has 0 saturated heterocycles. The van der Waals surface area contributed by atoms with Crippen LogP contribution in [0.5, 0.6) is 0 Å². The molecule has 0 aliphatic carbocycles. The Morgan fingerprint density at radius 3 is 2.81 bits per heavy atom. The lowest BCUT2D eigenvalue weighted by Crippen LogP contribution is -2.25. The van der Waals surface area contributed by atoms with Crippen molar-refractivity contribution in [1.82, 2.24) is 4.98 Å². The van der Waals surface area contributed by atoms with Crippen molar-refractivity contribution in [2.45, 2.75) is 18.9 Å². The molecule has 2 heterocycles. The highest BCUT2D eigenvalue weighted by atomic mass is 79.9. The summed E-state index contributed by atoms with van der Waals surface area (Å²) in [5.74, 6) is 0. The number of hydrogen-bond acceptors (Lipinski definition) is 3. The van der Waals surface area contributed by atoms with Crippen LogP contribution in [0.3, 0.4) is 0 Å². The average molecular weight is 297 g/mol. The van der Waals surface area contributed by atoms with Gasteiger partial charge in [0.05, 0.1) is 0 Å². The third-order valence-electron chi connectivity index (χ3n) is 2.34. The molecule has 4 heteroatoms. The molecule has 1 unspecified atom stereocenters. The summed E-state index contributed by atoms with van der Waals surface area (Å²) in [6, 6.07) is 6.28. The van der Waals surface area contributed by atoms with Gasteiger partial charge in [0.25, 0.3) is 0 Å². The van der Waals surface area contributed by atoms with E-state index in [0.29, 0.717) is 0 Å². The topological polar surface area (TPSA) is 38.9 Å². The Labute approximate surface area is 108 Å². The van der Waals surface area contributed by atoms with Gasteiger partial charge in [0.1, 0.15) is 0 Å². The summed E-state index contributed by atoms with van der Waals surface area (Å²) >= 11 is 5.08. The maximum Gasteiger partial charge on any atom is 0.0420 e. The molecule has 0 fully saturated rings. The van der Waals surface area contributed by atoms with Crippen LogP contribution in [0.1, 0.15) is 11.3 Å². The van der Waals surface area contributed by atoms with Gasteiger partial charge >= 0.3 is 0 Å². The van der Waals surface area contributed by atoms with Gasteiger partial charge in [-0.15, -0.1) is 0 Å². The zero-order chi connectivity index (χ0) is 11.4. The number of hydrogen-bond donors (Lipinski definition) is 1. The van der Waals surface area contributed by atoms with E-state index in [1.54, 1.807) is 11.3 Å². The zero-order valence-electron chi connectivity index (χ0n) is 8.77. The summed E-state index contributed by atoms with van der Waals surface area (Å²) in [4.78, 5) is 4.32. The third kappa shape index (κ3) is 3.40. The summed E-state index contributed by atoms with van der Waals surface area (Å²) in [6.45, 7) is 0. The smallest absolute Gasteiger partial charge is 0.0420 e. The lowest BCUT2D eigenvalue weighted by molar-refractivity contribution is 0.655. The van der Waals surface area contributed by atoms with Crippen LogP contribution in [0, 0.1) is 0 Å². The van der Waals surface area contributed by atoms with Crippen molar-refractivity contribution >= 4 is 27.3 Å². The molecule has 0 amide bonds. The van der Waals surface area contributed by atoms with Crippen LogP contribution in [0.25, 0.3) is 0 Å². The summed E-state index contributed by atoms with van der Waals surface area (Å²) in [5, 5.41) is 4.23. The summed E-state index contributed by atoms with van der Waals surface area (Å²) in [7, 11) is 0. The number of nitrogens with two attached hydrogens (primary N) is 1. The van der Waals surface area contributed by atoms with E-state index in [1.165, 1.54) is 5.56 Å². The first kappa shape index (κ1) is 11.8. The van der Waals surface area contributed by atoms with E-state index in [0.717, 1.165) is 23.0 Å². The summed E-state index contributed by atoms with van der Waals surface area (Å²) in [5.41, 5.74) is 8.45. The van der Waals surface area contributed by atoms with E-state index in [4.69, 9.17) is 5.73 Å². The minimum Gasteiger partial charge on any atom is -0.327 e. The molecule has 84 valence electrons. The molecule has 1 atom stereocenters. The van der Waals surface area contributed by atoms with Crippen molar-refractivity contribution in [3.63, 3.8) is 0 Å². The first-order valence-corrected chi connectivity index (χ1v) is 6.84. The Morgan fingerprint density at radius 1 is 1.31 bits per heavy atom. The lowest BCUT2D eigenvalue weighted by atomic mass is 10.0. The molecule has 0 spiro atoms. The molecule has 0 saturated carbocycles. The van der Waals surface area contributed by atoms with Gasteiger partial charge in [0.2, 0.25) is 0 Å². The maximum atomic E-state index is 6.09. The Kier molecular flexibility index (Phi) is 4.09. The van der Waals surface area contributed by atoms with Crippen LogP contribution in [0.15, 0.2) is 39.6 Å². The van der Waals surface area contributed by atoms with Crippen LogP contribution in [0.2, 0.25) is 0 Å². The highest BCUT2D eigenvalue weighted by Gasteiger charge is 2.06. The van der Waals surface area contributed by atoms with Gasteiger partial charge in [-0.3, -0.25) is 4.98 Å². The minimum atomic E-state index is 0.142. The van der Waals surface area contributed by atoms with E-state index in [-0.39, 0.29) is 6.04 Å². The van der Waals surface area contributed by atoms with Crippen LogP contribution in [0.4, 0.5) is 0 Å². The zero-order valence-corrected chi connectivity index (χ0v) is 11.2. The number of aromatic nitrogens is 1. The third-order valence-corrected chi connectivity index (χ3v) is 3.54. The average Bonchev–Trinajstić information content (AvgIpc) is 2.74. The molecule has 0 aromatic carbocycles. The predicted octanol–water partition coefficient (Wildman–Crippen LogP) is 3.02. The highest BCUT2D eigenvalue weighted by Crippen LogP contribution is 2.12. The van der Waals surface area contributed by atoms with Gasteiger partial charge < -0.3 is 5.73 Å². The second-order valence-electron chi connectivity index (χ2n) is 3.77. The number of rotatable bonds is 4. The second-order valence-corrected chi connectivity index (χ2v) is 5.46. The fourth-order valence-corrected chi connectivity index (χ4v) is 2.50. The van der Waals surface area contributed by atoms with Crippen LogP contribution < -0.4 is 5.73 Å². The largest absolute Gasteiger partial charge is 0.327 e. The van der Waals surface area contributed by atoms with Gasteiger partial charge in [0, 0.05) is 28.8 Å². The van der Waals surface area contributed by atoms with Gasteiger partial charge in [-0.05, 0) is 56.9 Å². The van der Waals surface area contributed by atoms with Crippen molar-refractivity contribution in [2.75, 3.05) is 0 Å². The standard InChI is InChI=1S/C12H13BrN2S/c13-10-1-2-12(15-7-10)6-11(14)5-9-3-4-16-8-9/h1-4,7-8,11H,5-6,14H2. The molecule has 0 aliphatic heterocycles. The molecule has 2 N–H and O–H groups in total. The first-order chi connectivity index (χ1) is 7.74. The molecule has 2 rings (SSSR count). The van der Waals surface area contributed by atoms with Gasteiger partial charge in [0.15, 0.2) is 0 Å². The quantitative estimate of drug-likeness (QED) is 0.942. The molecule has 0 bridgehead atoms. The number of nitrogens with zero attached hydrogens (tertiary/aromatic N) is 1. The number of thiophene rings is 1. The SMILES string of the molecule is NC(Cc1ccsc1)Cc1ccc(Br)cn1. The Hall–Kier alpha value is -0.710. The number of halogens is 1. The van der Waals surface area contributed by atoms with Gasteiger partial charge in [-0.2, -0.15) is 11.3 Å². The normalized spacial score (nSPS) is 12.6. The lowest BCUT2D eigenvalue weighted by Gasteiger charge is -2.09. The van der Waals surface area contributed by atoms with Crippen LogP contribution >= 0.6 is 27.3 Å². The van der Waals surface area contributed by atoms with Crippen molar-refractivity contribution in [2.24, 2.45) is 5.73 Å². The summed E-state index contributed by atoms with van der Waals surface area (Å²) < 4.78 is 1.00. The number of pyridine rings is 1. The molecule has 0 aliphatic rings. The van der Waals surface area contributed by atoms with Gasteiger partial charge in [-0.1, -0.05) is 0 Å². The second kappa shape index (κ2) is 5.57. The van der Waals surface area contributed by atoms with Crippen LogP contribution in [-0.4, -0.2) is 11.0 Å². The highest BCUT2D eigenvalue weighted by molar-refractivity contribution is 9.10. The predicted molar refractivity (Wildman–Crippen MR) is 71.6 cm³/mol. The Balaban J connectivity index is 1.92. The van der Waals surface area contributed by atoms with Crippen LogP contribution in [-0.2, 0) is 12.8 Å². The molecule has 16 heavy (non-hydrogen) atoms. The molecule has 0 radical (unpaired) electrons.